The molecule has 0 amide bonds. The highest BCUT2D eigenvalue weighted by molar-refractivity contribution is 5.84. The van der Waals surface area contributed by atoms with Crippen molar-refractivity contribution in [2.24, 2.45) is 0 Å². The third kappa shape index (κ3) is 7.14. The number of aliphatic carboxylic acids is 4. The molecule has 2 atom stereocenters. The Bertz CT molecular complexity index is 310. The van der Waals surface area contributed by atoms with E-state index in [1.54, 1.807) is 0 Å². The van der Waals surface area contributed by atoms with Crippen molar-refractivity contribution in [3.05, 3.63) is 0 Å². The largest absolute Gasteiger partial charge is 0.481 e. The molecular weight excluding hydrogens is 252 g/mol. The fraction of sp³-hybridized carbons (Fsp3) is 0.500. The van der Waals surface area contributed by atoms with E-state index >= 15 is 0 Å². The molecule has 0 saturated carbocycles. The molecule has 0 heterocycles. The summed E-state index contributed by atoms with van der Waals surface area (Å²) < 4.78 is 0. The first kappa shape index (κ1) is 18.2. The molecule has 0 aliphatic rings. The molecule has 0 spiro atoms. The second kappa shape index (κ2) is 7.97. The minimum Gasteiger partial charge on any atom is -0.481 e. The molecule has 0 bridgehead atoms. The molecule has 0 aromatic carbocycles. The summed E-state index contributed by atoms with van der Waals surface area (Å²) in [5.74, 6) is -6.01. The van der Waals surface area contributed by atoms with E-state index in [4.69, 9.17) is 20.4 Å². The zero-order valence-corrected chi connectivity index (χ0v) is 9.20. The molecular formula is C8H14N2O8. The van der Waals surface area contributed by atoms with Crippen LogP contribution in [-0.4, -0.2) is 56.4 Å². The van der Waals surface area contributed by atoms with Gasteiger partial charge in [0, 0.05) is 0 Å². The van der Waals surface area contributed by atoms with Crippen LogP contribution in [0.1, 0.15) is 12.8 Å². The standard InChI is InChI=1S/C8H11NO8.H3N/c10-5(11)1-3(7(14)15)9-4(8(16)17)2-6(12)13;/h3-4,9H,1-2H2,(H,10,11)(H,12,13)(H,14,15)(H,16,17);1H3. The van der Waals surface area contributed by atoms with E-state index in [1.807, 2.05) is 5.32 Å². The molecule has 0 fully saturated rings. The quantitative estimate of drug-likeness (QED) is 0.303. The third-order valence-corrected chi connectivity index (χ3v) is 1.76. The van der Waals surface area contributed by atoms with Crippen molar-refractivity contribution >= 4 is 23.9 Å². The van der Waals surface area contributed by atoms with Gasteiger partial charge in [-0.1, -0.05) is 0 Å². The van der Waals surface area contributed by atoms with Gasteiger partial charge >= 0.3 is 23.9 Å². The molecule has 0 aromatic rings. The lowest BCUT2D eigenvalue weighted by atomic mass is 10.1. The maximum absolute atomic E-state index is 10.6. The summed E-state index contributed by atoms with van der Waals surface area (Å²) in [7, 11) is 0. The summed E-state index contributed by atoms with van der Waals surface area (Å²) in [6.07, 6.45) is -1.70. The Hall–Kier alpha value is -2.20. The van der Waals surface area contributed by atoms with E-state index in [2.05, 4.69) is 0 Å². The third-order valence-electron chi connectivity index (χ3n) is 1.76. The van der Waals surface area contributed by atoms with Gasteiger partial charge in [-0.2, -0.15) is 0 Å². The van der Waals surface area contributed by atoms with Crippen LogP contribution in [0, 0.1) is 0 Å². The van der Waals surface area contributed by atoms with E-state index < -0.39 is 48.8 Å². The molecule has 0 rings (SSSR count). The van der Waals surface area contributed by atoms with Crippen molar-refractivity contribution in [3.63, 3.8) is 0 Å². The average molecular weight is 266 g/mol. The van der Waals surface area contributed by atoms with Crippen LogP contribution in [0.4, 0.5) is 0 Å². The van der Waals surface area contributed by atoms with Gasteiger partial charge < -0.3 is 26.6 Å². The molecule has 0 aliphatic carbocycles. The highest BCUT2D eigenvalue weighted by Gasteiger charge is 2.29. The van der Waals surface area contributed by atoms with Gasteiger partial charge in [0.25, 0.3) is 0 Å². The fourth-order valence-corrected chi connectivity index (χ4v) is 1.03. The Morgan fingerprint density at radius 3 is 1.22 bits per heavy atom. The lowest BCUT2D eigenvalue weighted by molar-refractivity contribution is -0.150. The Kier molecular flexibility index (Phi) is 8.05. The number of carboxylic acids is 4. The van der Waals surface area contributed by atoms with Crippen LogP contribution < -0.4 is 11.5 Å². The summed E-state index contributed by atoms with van der Waals surface area (Å²) in [5, 5.41) is 36.0. The maximum Gasteiger partial charge on any atom is 0.321 e. The number of hydrogen-bond donors (Lipinski definition) is 6. The van der Waals surface area contributed by atoms with E-state index in [9.17, 15) is 19.2 Å². The molecule has 104 valence electrons. The molecule has 0 aliphatic heterocycles. The van der Waals surface area contributed by atoms with Crippen LogP contribution >= 0.6 is 0 Å². The highest BCUT2D eigenvalue weighted by atomic mass is 16.4. The average Bonchev–Trinajstić information content (AvgIpc) is 2.13. The number of hydrogen-bond acceptors (Lipinski definition) is 6. The van der Waals surface area contributed by atoms with Crippen LogP contribution in [0.25, 0.3) is 0 Å². The Morgan fingerprint density at radius 2 is 1.06 bits per heavy atom. The summed E-state index contributed by atoms with van der Waals surface area (Å²) in [6.45, 7) is 0. The van der Waals surface area contributed by atoms with Crippen LogP contribution in [0.15, 0.2) is 0 Å². The summed E-state index contributed by atoms with van der Waals surface area (Å²) in [6, 6.07) is -3.32. The van der Waals surface area contributed by atoms with Gasteiger partial charge in [-0.25, -0.2) is 0 Å². The summed E-state index contributed by atoms with van der Waals surface area (Å²) in [4.78, 5) is 41.9. The monoisotopic (exact) mass is 266 g/mol. The van der Waals surface area contributed by atoms with Gasteiger partial charge in [0.1, 0.15) is 12.1 Å². The van der Waals surface area contributed by atoms with Crippen LogP contribution in [0.3, 0.4) is 0 Å². The minimum absolute atomic E-state index is 0. The van der Waals surface area contributed by atoms with Crippen molar-refractivity contribution in [2.45, 2.75) is 24.9 Å². The van der Waals surface area contributed by atoms with Gasteiger partial charge in [0.2, 0.25) is 0 Å². The van der Waals surface area contributed by atoms with E-state index in [0.29, 0.717) is 0 Å². The molecule has 18 heavy (non-hydrogen) atoms. The second-order valence-corrected chi connectivity index (χ2v) is 3.14. The number of carboxylic acid groups (broad SMARTS) is 4. The first-order chi connectivity index (χ1) is 7.73. The SMILES string of the molecule is N.O=C(O)CC(NC(CC(=O)O)C(=O)O)C(=O)O. The number of nitrogens with one attached hydrogen (secondary N) is 1. The van der Waals surface area contributed by atoms with E-state index in [1.165, 1.54) is 0 Å². The van der Waals surface area contributed by atoms with Crippen molar-refractivity contribution < 1.29 is 39.6 Å². The minimum atomic E-state index is -1.66. The highest BCUT2D eigenvalue weighted by Crippen LogP contribution is 2.00. The topological polar surface area (TPSA) is 196 Å². The zero-order chi connectivity index (χ0) is 13.6. The second-order valence-electron chi connectivity index (χ2n) is 3.14. The lowest BCUT2D eigenvalue weighted by Gasteiger charge is -2.17. The molecule has 0 radical (unpaired) electrons. The fourth-order valence-electron chi connectivity index (χ4n) is 1.03. The van der Waals surface area contributed by atoms with Gasteiger partial charge in [-0.3, -0.25) is 24.5 Å². The molecule has 8 N–H and O–H groups in total. The van der Waals surface area contributed by atoms with Gasteiger partial charge in [-0.05, 0) is 0 Å². The van der Waals surface area contributed by atoms with Crippen molar-refractivity contribution in [1.82, 2.24) is 11.5 Å². The van der Waals surface area contributed by atoms with Gasteiger partial charge in [0.15, 0.2) is 0 Å². The zero-order valence-electron chi connectivity index (χ0n) is 9.20. The van der Waals surface area contributed by atoms with E-state index in [-0.39, 0.29) is 6.15 Å². The first-order valence-electron chi connectivity index (χ1n) is 4.39. The Morgan fingerprint density at radius 1 is 0.778 bits per heavy atom. The van der Waals surface area contributed by atoms with Crippen LogP contribution in [0.2, 0.25) is 0 Å². The first-order valence-corrected chi connectivity index (χ1v) is 4.39. The molecule has 10 heteroatoms. The number of carbonyl (C=O) groups is 4. The van der Waals surface area contributed by atoms with Crippen molar-refractivity contribution in [3.8, 4) is 0 Å². The molecule has 10 nitrogen and oxygen atoms in total. The van der Waals surface area contributed by atoms with Crippen LogP contribution in [0.5, 0.6) is 0 Å². The normalized spacial score (nSPS) is 12.9. The summed E-state index contributed by atoms with van der Waals surface area (Å²) in [5.41, 5.74) is 0. The van der Waals surface area contributed by atoms with Crippen molar-refractivity contribution in [1.29, 1.82) is 0 Å². The Balaban J connectivity index is 0. The smallest absolute Gasteiger partial charge is 0.321 e. The van der Waals surface area contributed by atoms with E-state index in [0.717, 1.165) is 0 Å². The van der Waals surface area contributed by atoms with Gasteiger partial charge in [-0.15, -0.1) is 0 Å². The molecule has 2 unspecified atom stereocenters. The van der Waals surface area contributed by atoms with Crippen LogP contribution in [-0.2, 0) is 19.2 Å². The molecule has 0 aromatic heterocycles. The van der Waals surface area contributed by atoms with Gasteiger partial charge in [0.05, 0.1) is 12.8 Å². The Labute approximate surface area is 101 Å². The molecule has 0 saturated heterocycles. The maximum atomic E-state index is 10.6. The predicted octanol–water partition coefficient (Wildman–Crippen LogP) is -1.41. The number of rotatable bonds is 8. The summed E-state index contributed by atoms with van der Waals surface area (Å²) >= 11 is 0. The predicted molar refractivity (Wildman–Crippen MR) is 55.5 cm³/mol. The van der Waals surface area contributed by atoms with Crippen molar-refractivity contribution in [2.75, 3.05) is 0 Å². The lowest BCUT2D eigenvalue weighted by Crippen LogP contribution is -2.48.